The van der Waals surface area contributed by atoms with Crippen LogP contribution in [0.1, 0.15) is 40.5 Å². The van der Waals surface area contributed by atoms with E-state index in [0.29, 0.717) is 18.4 Å². The molecule has 1 saturated heterocycles. The first-order valence-electron chi connectivity index (χ1n) is 8.81. The normalized spacial score (nSPS) is 35.0. The smallest absolute Gasteiger partial charge is 0.334 e. The number of allylic oxidation sites excluding steroid dienone is 2. The zero-order chi connectivity index (χ0) is 19.6. The quantitative estimate of drug-likeness (QED) is 0.609. The summed E-state index contributed by atoms with van der Waals surface area (Å²) in [7, 11) is 0. The van der Waals surface area contributed by atoms with Crippen LogP contribution < -0.4 is 0 Å². The van der Waals surface area contributed by atoms with Gasteiger partial charge in [-0.05, 0) is 45.6 Å². The van der Waals surface area contributed by atoms with Crippen LogP contribution in [-0.2, 0) is 23.9 Å². The molecule has 0 aromatic carbocycles. The molecule has 1 aliphatic carbocycles. The van der Waals surface area contributed by atoms with Gasteiger partial charge < -0.3 is 14.6 Å². The topological polar surface area (TPSA) is 89.9 Å². The van der Waals surface area contributed by atoms with Gasteiger partial charge in [0.25, 0.3) is 0 Å². The SMILES string of the molecule is C=C1C(=O)O[C@@H]2[C@@H]1CC[C@H](C)[C@@](O)(C(=O)/C=C/C)[C@H]2OC(=O)/C(C)=C\C. The highest BCUT2D eigenvalue weighted by Gasteiger charge is 2.60. The minimum Gasteiger partial charge on any atom is -0.454 e. The van der Waals surface area contributed by atoms with E-state index in [4.69, 9.17) is 9.47 Å². The van der Waals surface area contributed by atoms with Crippen molar-refractivity contribution in [2.45, 2.75) is 58.3 Å². The number of carbonyl (C=O) groups excluding carboxylic acids is 3. The number of carbonyl (C=O) groups is 3. The molecular formula is C20H26O6. The van der Waals surface area contributed by atoms with Crippen LogP contribution in [-0.4, -0.2) is 40.6 Å². The Bertz CT molecular complexity index is 688. The second-order valence-corrected chi connectivity index (χ2v) is 6.97. The highest BCUT2D eigenvalue weighted by molar-refractivity contribution is 5.99. The van der Waals surface area contributed by atoms with Crippen LogP contribution in [0.25, 0.3) is 0 Å². The molecule has 0 amide bonds. The van der Waals surface area contributed by atoms with Crippen molar-refractivity contribution >= 4 is 17.7 Å². The van der Waals surface area contributed by atoms with Crippen molar-refractivity contribution in [1.82, 2.24) is 0 Å². The lowest BCUT2D eigenvalue weighted by Gasteiger charge is -2.38. The van der Waals surface area contributed by atoms with Gasteiger partial charge in [-0.2, -0.15) is 0 Å². The summed E-state index contributed by atoms with van der Waals surface area (Å²) >= 11 is 0. The van der Waals surface area contributed by atoms with Crippen LogP contribution in [0.3, 0.4) is 0 Å². The molecule has 1 heterocycles. The summed E-state index contributed by atoms with van der Waals surface area (Å²) in [5.41, 5.74) is -1.36. The standard InChI is InChI=1S/C20H26O6/c1-6-8-15(21)20(24)12(4)9-10-14-13(5)19(23)25-16(14)17(20)26-18(22)11(3)7-2/h6-8,12,14,16-17,24H,5,9-10H2,1-4H3/b8-6+,11-7-/t12-,14+,16+,17-,20+/m0/s1. The predicted molar refractivity (Wildman–Crippen MR) is 95.0 cm³/mol. The van der Waals surface area contributed by atoms with Crippen LogP contribution in [0, 0.1) is 11.8 Å². The fraction of sp³-hybridized carbons (Fsp3) is 0.550. The average Bonchev–Trinajstić information content (AvgIpc) is 2.84. The molecule has 2 aliphatic rings. The Morgan fingerprint density at radius 3 is 2.58 bits per heavy atom. The fourth-order valence-electron chi connectivity index (χ4n) is 3.57. The van der Waals surface area contributed by atoms with Gasteiger partial charge in [0.15, 0.2) is 17.5 Å². The maximum atomic E-state index is 12.8. The molecule has 0 bridgehead atoms. The predicted octanol–water partition coefficient (Wildman–Crippen LogP) is 2.27. The van der Waals surface area contributed by atoms with E-state index in [1.165, 1.54) is 12.2 Å². The summed E-state index contributed by atoms with van der Waals surface area (Å²) in [6.07, 6.45) is 3.08. The van der Waals surface area contributed by atoms with Gasteiger partial charge in [-0.25, -0.2) is 9.59 Å². The summed E-state index contributed by atoms with van der Waals surface area (Å²) in [6, 6.07) is 0. The van der Waals surface area contributed by atoms with Crippen molar-refractivity contribution in [3.63, 3.8) is 0 Å². The number of fused-ring (bicyclic) bond motifs is 1. The Morgan fingerprint density at radius 1 is 1.35 bits per heavy atom. The van der Waals surface area contributed by atoms with Crippen molar-refractivity contribution in [1.29, 1.82) is 0 Å². The number of hydrogen-bond donors (Lipinski definition) is 1. The van der Waals surface area contributed by atoms with Gasteiger partial charge in [0.05, 0.1) is 0 Å². The Morgan fingerprint density at radius 2 is 2.00 bits per heavy atom. The molecule has 6 nitrogen and oxygen atoms in total. The number of ether oxygens (including phenoxy) is 2. The van der Waals surface area contributed by atoms with Crippen molar-refractivity contribution in [3.8, 4) is 0 Å². The van der Waals surface area contributed by atoms with E-state index in [0.717, 1.165) is 0 Å². The molecule has 142 valence electrons. The molecule has 6 heteroatoms. The van der Waals surface area contributed by atoms with E-state index in [1.807, 2.05) is 0 Å². The van der Waals surface area contributed by atoms with E-state index in [9.17, 15) is 19.5 Å². The van der Waals surface area contributed by atoms with Crippen LogP contribution in [0.5, 0.6) is 0 Å². The molecule has 1 aliphatic heterocycles. The molecule has 1 saturated carbocycles. The molecule has 2 rings (SSSR count). The molecule has 1 N–H and O–H groups in total. The fourth-order valence-corrected chi connectivity index (χ4v) is 3.57. The maximum absolute atomic E-state index is 12.8. The second kappa shape index (κ2) is 7.58. The summed E-state index contributed by atoms with van der Waals surface area (Å²) < 4.78 is 10.9. The van der Waals surface area contributed by atoms with Gasteiger partial charge >= 0.3 is 11.9 Å². The highest BCUT2D eigenvalue weighted by Crippen LogP contribution is 2.44. The second-order valence-electron chi connectivity index (χ2n) is 6.97. The summed E-state index contributed by atoms with van der Waals surface area (Å²) in [5.74, 6) is -2.71. The molecule has 0 unspecified atom stereocenters. The summed E-state index contributed by atoms with van der Waals surface area (Å²) in [4.78, 5) is 37.2. The Kier molecular flexibility index (Phi) is 5.86. The lowest BCUT2D eigenvalue weighted by atomic mass is 9.78. The van der Waals surface area contributed by atoms with E-state index < -0.39 is 47.4 Å². The van der Waals surface area contributed by atoms with Crippen molar-refractivity contribution in [2.24, 2.45) is 11.8 Å². The van der Waals surface area contributed by atoms with Gasteiger partial charge in [0.1, 0.15) is 6.10 Å². The number of ketones is 1. The molecule has 0 aromatic rings. The van der Waals surface area contributed by atoms with Gasteiger partial charge in [-0.3, -0.25) is 4.79 Å². The third kappa shape index (κ3) is 3.26. The summed E-state index contributed by atoms with van der Waals surface area (Å²) in [5, 5.41) is 11.4. The van der Waals surface area contributed by atoms with Crippen molar-refractivity contribution in [3.05, 3.63) is 36.0 Å². The molecule has 0 spiro atoms. The third-order valence-electron chi connectivity index (χ3n) is 5.45. The highest BCUT2D eigenvalue weighted by atomic mass is 16.6. The maximum Gasteiger partial charge on any atom is 0.334 e. The van der Waals surface area contributed by atoms with Crippen LogP contribution in [0.4, 0.5) is 0 Å². The van der Waals surface area contributed by atoms with Crippen LogP contribution in [0.15, 0.2) is 36.0 Å². The van der Waals surface area contributed by atoms with Gasteiger partial charge in [-0.15, -0.1) is 0 Å². The molecular weight excluding hydrogens is 336 g/mol. The number of esters is 2. The first-order chi connectivity index (χ1) is 12.2. The zero-order valence-corrected chi connectivity index (χ0v) is 15.7. The van der Waals surface area contributed by atoms with E-state index in [2.05, 4.69) is 6.58 Å². The van der Waals surface area contributed by atoms with E-state index in [1.54, 1.807) is 33.8 Å². The number of rotatable bonds is 4. The van der Waals surface area contributed by atoms with Gasteiger partial charge in [0, 0.05) is 17.1 Å². The van der Waals surface area contributed by atoms with Crippen LogP contribution >= 0.6 is 0 Å². The average molecular weight is 362 g/mol. The molecule has 0 aromatic heterocycles. The van der Waals surface area contributed by atoms with Crippen molar-refractivity contribution < 1.29 is 29.0 Å². The minimum atomic E-state index is -1.99. The third-order valence-corrected chi connectivity index (χ3v) is 5.45. The number of aliphatic hydroxyl groups is 1. The van der Waals surface area contributed by atoms with Gasteiger partial charge in [0.2, 0.25) is 0 Å². The molecule has 0 radical (unpaired) electrons. The van der Waals surface area contributed by atoms with E-state index >= 15 is 0 Å². The molecule has 2 fully saturated rings. The molecule has 26 heavy (non-hydrogen) atoms. The first-order valence-corrected chi connectivity index (χ1v) is 8.81. The number of hydrogen-bond acceptors (Lipinski definition) is 6. The molecule has 5 atom stereocenters. The Balaban J connectivity index is 2.55. The largest absolute Gasteiger partial charge is 0.454 e. The first kappa shape index (κ1) is 20.1. The lowest BCUT2D eigenvalue weighted by molar-refractivity contribution is -0.192. The monoisotopic (exact) mass is 362 g/mol. The van der Waals surface area contributed by atoms with Crippen molar-refractivity contribution in [2.75, 3.05) is 0 Å². The minimum absolute atomic E-state index is 0.286. The van der Waals surface area contributed by atoms with Crippen LogP contribution in [0.2, 0.25) is 0 Å². The lowest BCUT2D eigenvalue weighted by Crippen LogP contribution is -2.59. The summed E-state index contributed by atoms with van der Waals surface area (Å²) in [6.45, 7) is 10.4. The Hall–Kier alpha value is -2.21. The Labute approximate surface area is 153 Å². The van der Waals surface area contributed by atoms with E-state index in [-0.39, 0.29) is 5.57 Å². The zero-order valence-electron chi connectivity index (χ0n) is 15.7. The van der Waals surface area contributed by atoms with Gasteiger partial charge in [-0.1, -0.05) is 25.7 Å².